The van der Waals surface area contributed by atoms with Crippen molar-refractivity contribution in [2.45, 2.75) is 38.3 Å². The molecule has 0 aliphatic heterocycles. The lowest BCUT2D eigenvalue weighted by Crippen LogP contribution is -2.65. The lowest BCUT2D eigenvalue weighted by Gasteiger charge is -2.50. The fourth-order valence-electron chi connectivity index (χ4n) is 6.01. The van der Waals surface area contributed by atoms with E-state index in [9.17, 15) is 29.7 Å². The van der Waals surface area contributed by atoms with Gasteiger partial charge < -0.3 is 26.0 Å². The van der Waals surface area contributed by atoms with Gasteiger partial charge >= 0.3 is 0 Å². The van der Waals surface area contributed by atoms with Gasteiger partial charge in [-0.25, -0.2) is 0 Å². The Hall–Kier alpha value is -3.17. The molecule has 1 aromatic carbocycles. The number of amides is 1. The first kappa shape index (κ1) is 24.0. The molecule has 1 fully saturated rings. The van der Waals surface area contributed by atoms with Crippen LogP contribution in [0.15, 0.2) is 23.0 Å². The summed E-state index contributed by atoms with van der Waals surface area (Å²) in [5.74, 6) is -5.62. The SMILES string of the molecule is Cc1cc(N(C)C)c2c(c1C)C(O)=C1C(=O)C3(O)C(O)=C(C(N)=O)C(=O)C(N(C)C)[C@@H]3CC1C2. The van der Waals surface area contributed by atoms with Gasteiger partial charge in [-0.1, -0.05) is 0 Å². The number of rotatable bonds is 3. The van der Waals surface area contributed by atoms with Crippen LogP contribution in [0.1, 0.15) is 28.7 Å². The van der Waals surface area contributed by atoms with Crippen LogP contribution in [0, 0.1) is 25.7 Å². The van der Waals surface area contributed by atoms with Crippen molar-refractivity contribution < 1.29 is 29.7 Å². The molecule has 1 saturated carbocycles. The van der Waals surface area contributed by atoms with Crippen molar-refractivity contribution in [3.63, 3.8) is 0 Å². The van der Waals surface area contributed by atoms with Crippen molar-refractivity contribution >= 4 is 28.9 Å². The molecular weight excluding hydrogens is 438 g/mol. The number of aliphatic hydroxyl groups excluding tert-OH is 2. The summed E-state index contributed by atoms with van der Waals surface area (Å²) in [5, 5.41) is 33.9. The monoisotopic (exact) mass is 469 g/mol. The number of ketones is 2. The van der Waals surface area contributed by atoms with Crippen LogP contribution in [0.3, 0.4) is 0 Å². The van der Waals surface area contributed by atoms with Crippen molar-refractivity contribution in [1.82, 2.24) is 4.90 Å². The number of aliphatic hydroxyl groups is 3. The highest BCUT2D eigenvalue weighted by Crippen LogP contribution is 2.53. The molecule has 0 heterocycles. The van der Waals surface area contributed by atoms with Crippen LogP contribution in [0.25, 0.3) is 5.76 Å². The third-order valence-corrected chi connectivity index (χ3v) is 7.73. The number of nitrogens with two attached hydrogens (primary N) is 1. The highest BCUT2D eigenvalue weighted by Gasteiger charge is 2.64. The van der Waals surface area contributed by atoms with Crippen molar-refractivity contribution in [3.05, 3.63) is 45.2 Å². The van der Waals surface area contributed by atoms with Crippen LogP contribution in [0.4, 0.5) is 5.69 Å². The molecule has 0 aromatic heterocycles. The van der Waals surface area contributed by atoms with Crippen LogP contribution in [0.5, 0.6) is 0 Å². The second-order valence-corrected chi connectivity index (χ2v) is 10.0. The van der Waals surface area contributed by atoms with Gasteiger partial charge in [0.15, 0.2) is 11.4 Å². The van der Waals surface area contributed by atoms with E-state index in [1.165, 1.54) is 4.90 Å². The summed E-state index contributed by atoms with van der Waals surface area (Å²) in [6.07, 6.45) is 0.564. The Balaban J connectivity index is 2.01. The number of fused-ring (bicyclic) bond motifs is 3. The van der Waals surface area contributed by atoms with Crippen LogP contribution >= 0.6 is 0 Å². The van der Waals surface area contributed by atoms with E-state index in [-0.39, 0.29) is 17.8 Å². The predicted octanol–water partition coefficient (Wildman–Crippen LogP) is 0.941. The van der Waals surface area contributed by atoms with Crippen molar-refractivity contribution in [1.29, 1.82) is 0 Å². The minimum absolute atomic E-state index is 0.00637. The summed E-state index contributed by atoms with van der Waals surface area (Å²) < 4.78 is 0. The summed E-state index contributed by atoms with van der Waals surface area (Å²) in [6.45, 7) is 3.78. The number of aryl methyl sites for hydroxylation is 1. The molecule has 9 heteroatoms. The summed E-state index contributed by atoms with van der Waals surface area (Å²) >= 11 is 0. The van der Waals surface area contributed by atoms with Gasteiger partial charge in [0, 0.05) is 36.8 Å². The number of primary amides is 1. The molecule has 0 bridgehead atoms. The first-order valence-corrected chi connectivity index (χ1v) is 11.2. The zero-order valence-corrected chi connectivity index (χ0v) is 20.3. The molecule has 3 aliphatic carbocycles. The first-order chi connectivity index (χ1) is 15.7. The molecule has 1 aromatic rings. The molecule has 0 saturated heterocycles. The van der Waals surface area contributed by atoms with Crippen LogP contribution in [0.2, 0.25) is 0 Å². The molecule has 0 radical (unpaired) electrons. The average molecular weight is 470 g/mol. The molecule has 3 aliphatic rings. The number of nitrogens with zero attached hydrogens (tertiary/aromatic N) is 2. The van der Waals surface area contributed by atoms with E-state index < -0.39 is 52.3 Å². The Morgan fingerprint density at radius 3 is 2.29 bits per heavy atom. The lowest BCUT2D eigenvalue weighted by atomic mass is 9.57. The van der Waals surface area contributed by atoms with Gasteiger partial charge in [0.25, 0.3) is 5.91 Å². The first-order valence-electron chi connectivity index (χ1n) is 11.2. The summed E-state index contributed by atoms with van der Waals surface area (Å²) in [5.41, 5.74) is 6.13. The van der Waals surface area contributed by atoms with Gasteiger partial charge in [0.05, 0.1) is 6.04 Å². The number of anilines is 1. The third-order valence-electron chi connectivity index (χ3n) is 7.73. The van der Waals surface area contributed by atoms with Gasteiger partial charge in [0.2, 0.25) is 5.78 Å². The van der Waals surface area contributed by atoms with E-state index in [1.54, 1.807) is 14.1 Å². The Labute approximate surface area is 198 Å². The van der Waals surface area contributed by atoms with Gasteiger partial charge in [0.1, 0.15) is 17.1 Å². The normalized spacial score (nSPS) is 28.6. The molecule has 9 nitrogen and oxygen atoms in total. The van der Waals surface area contributed by atoms with Gasteiger partial charge in [-0.2, -0.15) is 0 Å². The van der Waals surface area contributed by atoms with Crippen LogP contribution < -0.4 is 10.6 Å². The van der Waals surface area contributed by atoms with E-state index in [0.29, 0.717) is 12.0 Å². The lowest BCUT2D eigenvalue weighted by molar-refractivity contribution is -0.153. The quantitative estimate of drug-likeness (QED) is 0.479. The largest absolute Gasteiger partial charge is 0.508 e. The molecule has 182 valence electrons. The number of benzene rings is 1. The van der Waals surface area contributed by atoms with E-state index in [4.69, 9.17) is 5.73 Å². The highest BCUT2D eigenvalue weighted by molar-refractivity contribution is 6.24. The molecule has 5 N–H and O–H groups in total. The maximum absolute atomic E-state index is 13.8. The molecule has 4 rings (SSSR count). The average Bonchev–Trinajstić information content (AvgIpc) is 2.72. The van der Waals surface area contributed by atoms with E-state index in [1.807, 2.05) is 38.9 Å². The van der Waals surface area contributed by atoms with Crippen molar-refractivity contribution in [3.8, 4) is 0 Å². The zero-order valence-electron chi connectivity index (χ0n) is 20.3. The molecule has 1 amide bonds. The van der Waals surface area contributed by atoms with Gasteiger partial charge in [-0.05, 0) is 69.5 Å². The zero-order chi connectivity index (χ0) is 25.4. The van der Waals surface area contributed by atoms with Crippen molar-refractivity contribution in [2.75, 3.05) is 33.1 Å². The molecule has 3 unspecified atom stereocenters. The number of likely N-dealkylation sites (N-methyl/N-ethyl adjacent to an activating group) is 1. The molecular formula is C25H31N3O6. The third kappa shape index (κ3) is 2.96. The number of Topliss-reactive ketones (excluding diaryl/α,β-unsaturated/α-hetero) is 2. The Kier molecular flexibility index (Phi) is 5.41. The molecule has 4 atom stereocenters. The number of hydrogen-bond acceptors (Lipinski definition) is 8. The van der Waals surface area contributed by atoms with Crippen LogP contribution in [-0.2, 0) is 20.8 Å². The maximum atomic E-state index is 13.8. The maximum Gasteiger partial charge on any atom is 0.255 e. The van der Waals surface area contributed by atoms with E-state index >= 15 is 0 Å². The standard InChI is InChI=1S/C25H31N3O6/c1-10-7-15(27(3)4)13-8-12-9-14-19(28(5)6)21(30)18(24(26)33)23(32)25(14,34)22(31)17(12)20(29)16(13)11(10)2/h7,12,14,19,29,32,34H,8-9H2,1-6H3,(H2,26,33)/t12?,14-,19?,25?/m0/s1. The molecule has 0 spiro atoms. The Bertz CT molecular complexity index is 1210. The minimum Gasteiger partial charge on any atom is -0.508 e. The Morgan fingerprint density at radius 1 is 1.15 bits per heavy atom. The Morgan fingerprint density at radius 2 is 1.76 bits per heavy atom. The molecule has 34 heavy (non-hydrogen) atoms. The smallest absolute Gasteiger partial charge is 0.255 e. The minimum atomic E-state index is -2.55. The van der Waals surface area contributed by atoms with Crippen LogP contribution in [-0.4, -0.2) is 77.5 Å². The fraction of sp³-hybridized carbons (Fsp3) is 0.480. The summed E-state index contributed by atoms with van der Waals surface area (Å²) in [6, 6.07) is 0.985. The van der Waals surface area contributed by atoms with E-state index in [0.717, 1.165) is 22.4 Å². The number of hydrogen-bond donors (Lipinski definition) is 4. The number of carbonyl (C=O) groups is 3. The second kappa shape index (κ2) is 7.68. The predicted molar refractivity (Wildman–Crippen MR) is 126 cm³/mol. The van der Waals surface area contributed by atoms with Gasteiger partial charge in [-0.3, -0.25) is 19.3 Å². The fourth-order valence-corrected chi connectivity index (χ4v) is 6.01. The second-order valence-electron chi connectivity index (χ2n) is 10.0. The van der Waals surface area contributed by atoms with Gasteiger partial charge in [-0.15, -0.1) is 0 Å². The van der Waals surface area contributed by atoms with E-state index in [2.05, 4.69) is 0 Å². The summed E-state index contributed by atoms with van der Waals surface area (Å²) in [7, 11) is 7.01. The topological polar surface area (TPSA) is 144 Å². The number of carbonyl (C=O) groups excluding carboxylic acids is 3. The highest BCUT2D eigenvalue weighted by atomic mass is 16.3. The summed E-state index contributed by atoms with van der Waals surface area (Å²) in [4.78, 5) is 42.5. The van der Waals surface area contributed by atoms with Crippen molar-refractivity contribution in [2.24, 2.45) is 17.6 Å².